The van der Waals surface area contributed by atoms with Gasteiger partial charge < -0.3 is 62.8 Å². The first-order valence-corrected chi connectivity index (χ1v) is 16.6. The first-order chi connectivity index (χ1) is 25.4. The third-order valence-corrected chi connectivity index (χ3v) is 7.35. The van der Waals surface area contributed by atoms with Crippen molar-refractivity contribution in [3.05, 3.63) is 29.8 Å². The fourth-order valence-electron chi connectivity index (χ4n) is 4.54. The number of benzene rings is 1. The highest BCUT2D eigenvalue weighted by molar-refractivity contribution is 5.93. The van der Waals surface area contributed by atoms with E-state index in [1.807, 2.05) is 5.32 Å². The number of nitrogens with one attached hydrogen (secondary N) is 7. The number of rotatable bonds is 25. The Morgan fingerprint density at radius 2 is 1.13 bits per heavy atom. The summed E-state index contributed by atoms with van der Waals surface area (Å²) in [5.41, 5.74) is 0.844. The second kappa shape index (κ2) is 23.9. The van der Waals surface area contributed by atoms with Crippen molar-refractivity contribution >= 4 is 65.3 Å². The molecule has 1 aromatic rings. The molecule has 0 aromatic heterocycles. The maximum Gasteiger partial charge on any atom is 0.326 e. The number of carboxylic acid groups (broad SMARTS) is 5. The van der Waals surface area contributed by atoms with Crippen LogP contribution >= 0.6 is 0 Å². The van der Waals surface area contributed by atoms with E-state index in [-0.39, 0.29) is 25.8 Å². The maximum atomic E-state index is 12.7. The molecule has 0 radical (unpaired) electrons. The van der Waals surface area contributed by atoms with E-state index in [1.165, 1.54) is 31.2 Å². The van der Waals surface area contributed by atoms with Crippen LogP contribution in [0.4, 0.5) is 15.3 Å². The molecule has 4 atom stereocenters. The minimum atomic E-state index is -1.52. The van der Waals surface area contributed by atoms with Crippen molar-refractivity contribution in [2.45, 2.75) is 88.9 Å². The Morgan fingerprint density at radius 3 is 1.67 bits per heavy atom. The van der Waals surface area contributed by atoms with Crippen molar-refractivity contribution in [3.8, 4) is 0 Å². The van der Waals surface area contributed by atoms with Gasteiger partial charge in [-0.1, -0.05) is 25.0 Å². The molecular formula is C32H45N7O15. The lowest BCUT2D eigenvalue weighted by atomic mass is 10.1. The molecule has 22 nitrogen and oxygen atoms in total. The average molecular weight is 768 g/mol. The number of aliphatic carboxylic acids is 5. The number of unbranched alkanes of at least 4 members (excludes halogenated alkanes) is 2. The predicted octanol–water partition coefficient (Wildman–Crippen LogP) is -0.963. The van der Waals surface area contributed by atoms with E-state index in [4.69, 9.17) is 20.4 Å². The van der Waals surface area contributed by atoms with Gasteiger partial charge in [0.25, 0.3) is 0 Å². The number of hydrogen-bond acceptors (Lipinski definition) is 10. The number of carboxylic acids is 5. The van der Waals surface area contributed by atoms with Crippen molar-refractivity contribution in [1.82, 2.24) is 31.9 Å². The van der Waals surface area contributed by atoms with E-state index >= 15 is 0 Å². The first-order valence-electron chi connectivity index (χ1n) is 16.6. The highest BCUT2D eigenvalue weighted by atomic mass is 16.4. The van der Waals surface area contributed by atoms with E-state index < -0.39 is 110 Å². The summed E-state index contributed by atoms with van der Waals surface area (Å²) in [6.45, 7) is 0.815. The molecule has 0 saturated heterocycles. The quantitative estimate of drug-likeness (QED) is 0.0533. The number of anilines is 1. The van der Waals surface area contributed by atoms with Crippen LogP contribution in [0.25, 0.3) is 0 Å². The third-order valence-electron chi connectivity index (χ3n) is 7.35. The van der Waals surface area contributed by atoms with Gasteiger partial charge in [0.1, 0.15) is 30.7 Å². The van der Waals surface area contributed by atoms with E-state index in [0.29, 0.717) is 30.5 Å². The zero-order valence-electron chi connectivity index (χ0n) is 29.2. The molecular weight excluding hydrogens is 722 g/mol. The standard InChI is InChI=1S/C32H45N7O15/c1-17(27(47)34-16-26(45)46)35-28(48)20(10-12-24(41)42)37-23(40)15-18-6-8-19(9-7-18)36-31(53)33-14-4-2-3-5-21(29(49)50)38-32(54)39-22(30(51)52)11-13-25(43)44/h6-9,17,20-22H,2-5,10-16H2,1H3,(H,34,47)(H,35,48)(H,37,40)(H,41,42)(H,43,44)(H,45,46)(H,49,50)(H,51,52)(H2,33,36,53)(H2,38,39,54)/t17-,20-,21-,22-/m0/s1. The van der Waals surface area contributed by atoms with E-state index in [9.17, 15) is 53.1 Å². The lowest BCUT2D eigenvalue weighted by Crippen LogP contribution is -2.53. The zero-order valence-corrected chi connectivity index (χ0v) is 29.2. The summed E-state index contributed by atoms with van der Waals surface area (Å²) in [5.74, 6) is -8.91. The van der Waals surface area contributed by atoms with Gasteiger partial charge in [0.15, 0.2) is 0 Å². The molecule has 7 amide bonds. The Hall–Kier alpha value is -6.48. The van der Waals surface area contributed by atoms with Crippen molar-refractivity contribution in [2.24, 2.45) is 0 Å². The normalized spacial score (nSPS) is 12.7. The summed E-state index contributed by atoms with van der Waals surface area (Å²) < 4.78 is 0. The molecule has 298 valence electrons. The average Bonchev–Trinajstić information content (AvgIpc) is 3.08. The van der Waals surface area contributed by atoms with E-state index in [0.717, 1.165) is 0 Å². The van der Waals surface area contributed by atoms with Crippen LogP contribution in [0.15, 0.2) is 24.3 Å². The molecule has 1 rings (SSSR count). The molecule has 0 unspecified atom stereocenters. The SMILES string of the molecule is C[C@H](NC(=O)[C@H](CCC(=O)O)NC(=O)Cc1ccc(NC(=O)NCCCCC[C@H](NC(=O)N[C@@H](CCC(=O)O)C(=O)O)C(=O)O)cc1)C(=O)NCC(=O)O. The van der Waals surface area contributed by atoms with Gasteiger partial charge in [-0.3, -0.25) is 28.8 Å². The Bertz CT molecular complexity index is 1520. The van der Waals surface area contributed by atoms with Gasteiger partial charge in [0.2, 0.25) is 17.7 Å². The largest absolute Gasteiger partial charge is 0.481 e. The lowest BCUT2D eigenvalue weighted by molar-refractivity contribution is -0.141. The molecule has 22 heteroatoms. The lowest BCUT2D eigenvalue weighted by Gasteiger charge is -2.20. The highest BCUT2D eigenvalue weighted by Crippen LogP contribution is 2.11. The zero-order chi connectivity index (χ0) is 40.8. The summed E-state index contributed by atoms with van der Waals surface area (Å²) in [4.78, 5) is 117. The monoisotopic (exact) mass is 767 g/mol. The number of urea groups is 2. The van der Waals surface area contributed by atoms with Gasteiger partial charge in [-0.25, -0.2) is 19.2 Å². The van der Waals surface area contributed by atoms with Crippen molar-refractivity contribution in [3.63, 3.8) is 0 Å². The van der Waals surface area contributed by atoms with E-state index in [2.05, 4.69) is 31.9 Å². The Balaban J connectivity index is 2.52. The fourth-order valence-corrected chi connectivity index (χ4v) is 4.54. The van der Waals surface area contributed by atoms with E-state index in [1.54, 1.807) is 0 Å². The van der Waals surface area contributed by atoms with Crippen LogP contribution in [0.2, 0.25) is 0 Å². The highest BCUT2D eigenvalue weighted by Gasteiger charge is 2.26. The van der Waals surface area contributed by atoms with Gasteiger partial charge in [0, 0.05) is 25.1 Å². The number of amides is 7. The van der Waals surface area contributed by atoms with Crippen LogP contribution < -0.4 is 37.2 Å². The van der Waals surface area contributed by atoms with Gasteiger partial charge in [-0.15, -0.1) is 0 Å². The summed E-state index contributed by atoms with van der Waals surface area (Å²) in [7, 11) is 0. The molecule has 1 aromatic carbocycles. The van der Waals surface area contributed by atoms with Crippen LogP contribution in [0.1, 0.15) is 63.9 Å². The summed E-state index contributed by atoms with van der Waals surface area (Å²) in [5, 5.41) is 61.2. The van der Waals surface area contributed by atoms with Crippen LogP contribution in [0.3, 0.4) is 0 Å². The third kappa shape index (κ3) is 19.8. The topological polar surface area (TPSA) is 356 Å². The molecule has 0 aliphatic rings. The van der Waals surface area contributed by atoms with Crippen LogP contribution in [-0.2, 0) is 44.8 Å². The van der Waals surface area contributed by atoms with Crippen molar-refractivity contribution in [1.29, 1.82) is 0 Å². The Labute approximate surface area is 307 Å². The first kappa shape index (κ1) is 45.5. The Morgan fingerprint density at radius 1 is 0.574 bits per heavy atom. The summed E-state index contributed by atoms with van der Waals surface area (Å²) in [6, 6.07) is -0.920. The molecule has 0 saturated carbocycles. The molecule has 54 heavy (non-hydrogen) atoms. The van der Waals surface area contributed by atoms with Gasteiger partial charge in [-0.05, 0) is 50.3 Å². The van der Waals surface area contributed by atoms with Crippen LogP contribution in [0.5, 0.6) is 0 Å². The van der Waals surface area contributed by atoms with Gasteiger partial charge >= 0.3 is 41.9 Å². The van der Waals surface area contributed by atoms with Crippen molar-refractivity contribution in [2.75, 3.05) is 18.4 Å². The fraction of sp³-hybridized carbons (Fsp3) is 0.500. The molecule has 0 spiro atoms. The van der Waals surface area contributed by atoms with Gasteiger partial charge in [-0.2, -0.15) is 0 Å². The molecule has 12 N–H and O–H groups in total. The number of carbonyl (C=O) groups is 10. The molecule has 0 aliphatic carbocycles. The molecule has 0 fully saturated rings. The Kier molecular flexibility index (Phi) is 20.1. The summed E-state index contributed by atoms with van der Waals surface area (Å²) in [6.07, 6.45) is -0.674. The summed E-state index contributed by atoms with van der Waals surface area (Å²) >= 11 is 0. The second-order valence-electron chi connectivity index (χ2n) is 11.8. The minimum Gasteiger partial charge on any atom is -0.481 e. The predicted molar refractivity (Wildman–Crippen MR) is 184 cm³/mol. The molecule has 0 bridgehead atoms. The molecule has 0 heterocycles. The van der Waals surface area contributed by atoms with Gasteiger partial charge in [0.05, 0.1) is 6.42 Å². The minimum absolute atomic E-state index is 0.00349. The smallest absolute Gasteiger partial charge is 0.326 e. The molecule has 0 aliphatic heterocycles. The van der Waals surface area contributed by atoms with Crippen LogP contribution in [-0.4, -0.2) is 122 Å². The van der Waals surface area contributed by atoms with Crippen LogP contribution in [0, 0.1) is 0 Å². The maximum absolute atomic E-state index is 12.7. The number of carbonyl (C=O) groups excluding carboxylic acids is 5. The number of hydrogen-bond donors (Lipinski definition) is 12. The van der Waals surface area contributed by atoms with Crippen molar-refractivity contribution < 1.29 is 73.5 Å². The second-order valence-corrected chi connectivity index (χ2v) is 11.8.